The number of amides is 1. The molecule has 0 aliphatic rings. The van der Waals surface area contributed by atoms with Crippen molar-refractivity contribution in [2.75, 3.05) is 0 Å². The van der Waals surface area contributed by atoms with Crippen molar-refractivity contribution >= 4 is 28.4 Å². The van der Waals surface area contributed by atoms with Gasteiger partial charge in [0.05, 0.1) is 0 Å². The second kappa shape index (κ2) is 4.79. The van der Waals surface area contributed by atoms with Crippen LogP contribution in [0.25, 0.3) is 0 Å². The van der Waals surface area contributed by atoms with Gasteiger partial charge in [0, 0.05) is 16.2 Å². The highest BCUT2D eigenvalue weighted by molar-refractivity contribution is 8.69. The second-order valence-corrected chi connectivity index (χ2v) is 6.62. The molecule has 0 bridgehead atoms. The van der Waals surface area contributed by atoms with Crippen LogP contribution < -0.4 is 5.32 Å². The van der Waals surface area contributed by atoms with Gasteiger partial charge in [0.1, 0.15) is 0 Å². The smallest absolute Gasteiger partial charge is 0.223 e. The Kier molecular flexibility index (Phi) is 4.85. The lowest BCUT2D eigenvalue weighted by Crippen LogP contribution is -2.56. The minimum absolute atomic E-state index is 0.0231. The molecule has 0 spiro atoms. The Hall–Kier alpha value is 0.170. The molecule has 0 saturated carbocycles. The number of hydrogen-bond acceptors (Lipinski definition) is 3. The molecule has 4 heteroatoms. The van der Waals surface area contributed by atoms with Crippen LogP contribution in [-0.2, 0) is 4.79 Å². The Bertz CT molecular complexity index is 212. The van der Waals surface area contributed by atoms with Crippen molar-refractivity contribution in [3.8, 4) is 0 Å². The Balaban J connectivity index is 4.57. The molecule has 0 heterocycles. The minimum atomic E-state index is -0.263. The molecule has 84 valence electrons. The summed E-state index contributed by atoms with van der Waals surface area (Å²) < 4.78 is -0.0966. The lowest BCUT2D eigenvalue weighted by Gasteiger charge is -2.40. The molecule has 0 rings (SSSR count). The first-order valence-electron chi connectivity index (χ1n) is 4.78. The summed E-state index contributed by atoms with van der Waals surface area (Å²) >= 11 is 4.23. The fourth-order valence-corrected chi connectivity index (χ4v) is 1.68. The van der Waals surface area contributed by atoms with Crippen LogP contribution in [0, 0.1) is 5.92 Å². The van der Waals surface area contributed by atoms with E-state index < -0.39 is 0 Å². The van der Waals surface area contributed by atoms with Crippen LogP contribution in [0.1, 0.15) is 41.5 Å². The predicted octanol–water partition coefficient (Wildman–Crippen LogP) is 2.89. The standard InChI is InChI=1S/C10H21NOS2/c1-7(2)8(12)11-9(3,4)10(5,6)14-13/h7,13H,1-6H3,(H,11,12). The topological polar surface area (TPSA) is 29.1 Å². The van der Waals surface area contributed by atoms with Gasteiger partial charge < -0.3 is 5.32 Å². The lowest BCUT2D eigenvalue weighted by atomic mass is 9.89. The van der Waals surface area contributed by atoms with Crippen molar-refractivity contribution in [1.82, 2.24) is 5.32 Å². The fraction of sp³-hybridized carbons (Fsp3) is 0.900. The Morgan fingerprint density at radius 2 is 1.71 bits per heavy atom. The zero-order chi connectivity index (χ0) is 11.6. The summed E-state index contributed by atoms with van der Waals surface area (Å²) in [4.78, 5) is 11.6. The average Bonchev–Trinajstić information content (AvgIpc) is 2.03. The number of nitrogens with one attached hydrogen (secondary N) is 1. The van der Waals surface area contributed by atoms with E-state index >= 15 is 0 Å². The maximum atomic E-state index is 11.6. The van der Waals surface area contributed by atoms with Crippen molar-refractivity contribution in [2.24, 2.45) is 5.92 Å². The molecule has 0 aromatic carbocycles. The van der Waals surface area contributed by atoms with Gasteiger partial charge in [-0.05, 0) is 27.7 Å². The Morgan fingerprint density at radius 3 is 2.00 bits per heavy atom. The van der Waals surface area contributed by atoms with E-state index in [9.17, 15) is 4.79 Å². The minimum Gasteiger partial charge on any atom is -0.350 e. The molecule has 1 N–H and O–H groups in total. The van der Waals surface area contributed by atoms with E-state index in [0.717, 1.165) is 0 Å². The molecule has 0 aliphatic carbocycles. The quantitative estimate of drug-likeness (QED) is 0.579. The van der Waals surface area contributed by atoms with Gasteiger partial charge in [-0.1, -0.05) is 24.6 Å². The summed E-state index contributed by atoms with van der Waals surface area (Å²) in [6.07, 6.45) is 0. The molecule has 0 aromatic rings. The highest BCUT2D eigenvalue weighted by Crippen LogP contribution is 2.37. The SMILES string of the molecule is CC(C)C(=O)NC(C)(C)C(C)(C)SS. The molecule has 0 unspecified atom stereocenters. The summed E-state index contributed by atoms with van der Waals surface area (Å²) in [5, 5.41) is 3.04. The normalized spacial score (nSPS) is 13.1. The van der Waals surface area contributed by atoms with Gasteiger partial charge >= 0.3 is 0 Å². The maximum Gasteiger partial charge on any atom is 0.223 e. The van der Waals surface area contributed by atoms with E-state index in [2.05, 4.69) is 30.8 Å². The van der Waals surface area contributed by atoms with Crippen LogP contribution >= 0.6 is 22.5 Å². The molecule has 0 radical (unpaired) electrons. The second-order valence-electron chi connectivity index (χ2n) is 4.87. The Morgan fingerprint density at radius 1 is 1.29 bits per heavy atom. The lowest BCUT2D eigenvalue weighted by molar-refractivity contribution is -0.125. The third kappa shape index (κ3) is 3.39. The van der Waals surface area contributed by atoms with Crippen LogP contribution in [-0.4, -0.2) is 16.2 Å². The van der Waals surface area contributed by atoms with Gasteiger partial charge in [-0.3, -0.25) is 4.79 Å². The summed E-state index contributed by atoms with van der Waals surface area (Å²) in [5.41, 5.74) is -0.263. The molecule has 0 aliphatic heterocycles. The van der Waals surface area contributed by atoms with Crippen molar-refractivity contribution in [3.63, 3.8) is 0 Å². The average molecular weight is 235 g/mol. The summed E-state index contributed by atoms with van der Waals surface area (Å²) in [7, 11) is 1.47. The molecule has 0 atom stereocenters. The van der Waals surface area contributed by atoms with Gasteiger partial charge in [0.25, 0.3) is 0 Å². The van der Waals surface area contributed by atoms with Gasteiger partial charge in [0.15, 0.2) is 0 Å². The van der Waals surface area contributed by atoms with Crippen LogP contribution in [0.2, 0.25) is 0 Å². The zero-order valence-electron chi connectivity index (χ0n) is 9.84. The fourth-order valence-electron chi connectivity index (χ4n) is 0.717. The zero-order valence-corrected chi connectivity index (χ0v) is 11.6. The molecule has 0 fully saturated rings. The summed E-state index contributed by atoms with van der Waals surface area (Å²) in [6.45, 7) is 12.0. The third-order valence-corrected chi connectivity index (χ3v) is 5.03. The van der Waals surface area contributed by atoms with Crippen molar-refractivity contribution in [3.05, 3.63) is 0 Å². The summed E-state index contributed by atoms with van der Waals surface area (Å²) in [6, 6.07) is 0. The van der Waals surface area contributed by atoms with E-state index in [1.54, 1.807) is 0 Å². The molecule has 1 amide bonds. The molecular weight excluding hydrogens is 214 g/mol. The van der Waals surface area contributed by atoms with Crippen LogP contribution in [0.4, 0.5) is 0 Å². The molecule has 0 saturated heterocycles. The number of carbonyl (C=O) groups is 1. The van der Waals surface area contributed by atoms with Gasteiger partial charge in [-0.25, -0.2) is 0 Å². The monoisotopic (exact) mass is 235 g/mol. The first-order valence-corrected chi connectivity index (χ1v) is 6.65. The maximum absolute atomic E-state index is 11.6. The number of rotatable bonds is 4. The number of thiol groups is 1. The third-order valence-electron chi connectivity index (χ3n) is 2.69. The van der Waals surface area contributed by atoms with Gasteiger partial charge in [0.2, 0.25) is 5.91 Å². The largest absolute Gasteiger partial charge is 0.350 e. The van der Waals surface area contributed by atoms with Crippen LogP contribution in [0.5, 0.6) is 0 Å². The molecule has 0 aromatic heterocycles. The van der Waals surface area contributed by atoms with E-state index in [4.69, 9.17) is 0 Å². The van der Waals surface area contributed by atoms with Crippen LogP contribution in [0.15, 0.2) is 0 Å². The molecule has 14 heavy (non-hydrogen) atoms. The first kappa shape index (κ1) is 14.2. The first-order chi connectivity index (χ1) is 6.14. The van der Waals surface area contributed by atoms with E-state index in [1.165, 1.54) is 10.8 Å². The van der Waals surface area contributed by atoms with E-state index in [1.807, 2.05) is 27.7 Å². The van der Waals surface area contributed by atoms with Crippen molar-refractivity contribution < 1.29 is 4.79 Å². The molecular formula is C10H21NOS2. The van der Waals surface area contributed by atoms with E-state index in [-0.39, 0.29) is 22.1 Å². The Labute approximate surface area is 96.4 Å². The highest BCUT2D eigenvalue weighted by Gasteiger charge is 2.38. The molecule has 2 nitrogen and oxygen atoms in total. The van der Waals surface area contributed by atoms with Crippen molar-refractivity contribution in [2.45, 2.75) is 51.8 Å². The number of hydrogen-bond donors (Lipinski definition) is 2. The van der Waals surface area contributed by atoms with Gasteiger partial charge in [-0.2, -0.15) is 0 Å². The predicted molar refractivity (Wildman–Crippen MR) is 67.7 cm³/mol. The van der Waals surface area contributed by atoms with Crippen molar-refractivity contribution in [1.29, 1.82) is 0 Å². The summed E-state index contributed by atoms with van der Waals surface area (Å²) in [5.74, 6) is 0.112. The van der Waals surface area contributed by atoms with Gasteiger partial charge in [-0.15, -0.1) is 11.7 Å². The van der Waals surface area contributed by atoms with E-state index in [0.29, 0.717) is 0 Å². The number of carbonyl (C=O) groups excluding carboxylic acids is 1. The highest BCUT2D eigenvalue weighted by atomic mass is 33.1. The van der Waals surface area contributed by atoms with Crippen LogP contribution in [0.3, 0.4) is 0 Å².